The van der Waals surface area contributed by atoms with E-state index < -0.39 is 0 Å². The quantitative estimate of drug-likeness (QED) is 0.342. The highest BCUT2D eigenvalue weighted by Gasteiger charge is 2.04. The first-order valence-corrected chi connectivity index (χ1v) is 10.5. The van der Waals surface area contributed by atoms with Crippen LogP contribution in [0.4, 0.5) is 0 Å². The van der Waals surface area contributed by atoms with Gasteiger partial charge in [0.25, 0.3) is 0 Å². The van der Waals surface area contributed by atoms with Crippen molar-refractivity contribution in [1.29, 1.82) is 0 Å². The molecule has 0 aliphatic heterocycles. The molecule has 0 fully saturated rings. The van der Waals surface area contributed by atoms with Gasteiger partial charge >= 0.3 is 0 Å². The standard InChI is InChI=1S/C28H28O2/c1-29-27-18-24(19-28(20-27)30-2)13-12-22-7-5-6-21(16-22)10-11-23-14-15-25-8-3-4-9-26(25)17-23/h3-9,14-20H,10-13H2,1-2H3. The Hall–Kier alpha value is -3.26. The van der Waals surface area contributed by atoms with E-state index in [0.29, 0.717) is 0 Å². The second kappa shape index (κ2) is 9.49. The average Bonchev–Trinajstić information content (AvgIpc) is 2.81. The van der Waals surface area contributed by atoms with Crippen LogP contribution in [0.3, 0.4) is 0 Å². The number of rotatable bonds is 8. The summed E-state index contributed by atoms with van der Waals surface area (Å²) in [5.74, 6) is 1.68. The predicted octanol–water partition coefficient (Wildman–Crippen LogP) is 6.43. The smallest absolute Gasteiger partial charge is 0.122 e. The summed E-state index contributed by atoms with van der Waals surface area (Å²) in [7, 11) is 3.38. The van der Waals surface area contributed by atoms with Gasteiger partial charge in [0.05, 0.1) is 14.2 Å². The Balaban J connectivity index is 1.40. The average molecular weight is 397 g/mol. The van der Waals surface area contributed by atoms with E-state index in [0.717, 1.165) is 37.2 Å². The summed E-state index contributed by atoms with van der Waals surface area (Å²) < 4.78 is 10.8. The van der Waals surface area contributed by atoms with Gasteiger partial charge in [-0.1, -0.05) is 66.7 Å². The molecule has 4 aromatic carbocycles. The molecule has 152 valence electrons. The van der Waals surface area contributed by atoms with Crippen molar-refractivity contribution in [3.8, 4) is 11.5 Å². The Morgan fingerprint density at radius 3 is 1.67 bits per heavy atom. The van der Waals surface area contributed by atoms with Crippen molar-refractivity contribution in [1.82, 2.24) is 0 Å². The maximum Gasteiger partial charge on any atom is 0.122 e. The summed E-state index contributed by atoms with van der Waals surface area (Å²) in [6.07, 6.45) is 4.07. The summed E-state index contributed by atoms with van der Waals surface area (Å²) in [6.45, 7) is 0. The van der Waals surface area contributed by atoms with Crippen molar-refractivity contribution >= 4 is 10.8 Å². The molecule has 2 nitrogen and oxygen atoms in total. The third-order valence-corrected chi connectivity index (χ3v) is 5.62. The number of hydrogen-bond donors (Lipinski definition) is 0. The molecule has 0 N–H and O–H groups in total. The van der Waals surface area contributed by atoms with Crippen LogP contribution in [-0.4, -0.2) is 14.2 Å². The fourth-order valence-electron chi connectivity index (χ4n) is 3.92. The van der Waals surface area contributed by atoms with Gasteiger partial charge in [-0.25, -0.2) is 0 Å². The van der Waals surface area contributed by atoms with E-state index in [2.05, 4.69) is 78.9 Å². The molecule has 0 bridgehead atoms. The van der Waals surface area contributed by atoms with Gasteiger partial charge in [-0.15, -0.1) is 0 Å². The predicted molar refractivity (Wildman–Crippen MR) is 125 cm³/mol. The molecule has 0 atom stereocenters. The van der Waals surface area contributed by atoms with Crippen LogP contribution in [0.5, 0.6) is 11.5 Å². The Kier molecular flexibility index (Phi) is 6.34. The van der Waals surface area contributed by atoms with Gasteiger partial charge in [-0.05, 0) is 70.8 Å². The van der Waals surface area contributed by atoms with E-state index in [9.17, 15) is 0 Å². The third kappa shape index (κ3) is 5.01. The fraction of sp³-hybridized carbons (Fsp3) is 0.214. The monoisotopic (exact) mass is 396 g/mol. The topological polar surface area (TPSA) is 18.5 Å². The summed E-state index contributed by atoms with van der Waals surface area (Å²) >= 11 is 0. The molecule has 0 aromatic heterocycles. The van der Waals surface area contributed by atoms with Crippen molar-refractivity contribution in [2.24, 2.45) is 0 Å². The van der Waals surface area contributed by atoms with E-state index >= 15 is 0 Å². The number of methoxy groups -OCH3 is 2. The van der Waals surface area contributed by atoms with Crippen LogP contribution in [0.15, 0.2) is 84.9 Å². The third-order valence-electron chi connectivity index (χ3n) is 5.62. The van der Waals surface area contributed by atoms with Crippen molar-refractivity contribution in [2.45, 2.75) is 25.7 Å². The molecule has 0 unspecified atom stereocenters. The zero-order valence-corrected chi connectivity index (χ0v) is 17.7. The zero-order valence-electron chi connectivity index (χ0n) is 17.7. The van der Waals surface area contributed by atoms with E-state index in [1.54, 1.807) is 14.2 Å². The first kappa shape index (κ1) is 20.0. The molecule has 4 aromatic rings. The maximum atomic E-state index is 5.39. The molecule has 0 spiro atoms. The van der Waals surface area contributed by atoms with Gasteiger partial charge in [-0.2, -0.15) is 0 Å². The Morgan fingerprint density at radius 1 is 0.467 bits per heavy atom. The van der Waals surface area contributed by atoms with Gasteiger partial charge in [0.1, 0.15) is 11.5 Å². The van der Waals surface area contributed by atoms with Gasteiger partial charge in [0.2, 0.25) is 0 Å². The number of fused-ring (bicyclic) bond motifs is 1. The zero-order chi connectivity index (χ0) is 20.8. The summed E-state index contributed by atoms with van der Waals surface area (Å²) in [5.41, 5.74) is 5.38. The second-order valence-corrected chi connectivity index (χ2v) is 7.72. The lowest BCUT2D eigenvalue weighted by molar-refractivity contribution is 0.393. The van der Waals surface area contributed by atoms with E-state index in [4.69, 9.17) is 9.47 Å². The van der Waals surface area contributed by atoms with Crippen LogP contribution in [0, 0.1) is 0 Å². The molecule has 30 heavy (non-hydrogen) atoms. The first-order chi connectivity index (χ1) is 14.7. The van der Waals surface area contributed by atoms with E-state index in [1.807, 2.05) is 6.07 Å². The summed E-state index contributed by atoms with van der Waals surface area (Å²) in [4.78, 5) is 0. The minimum Gasteiger partial charge on any atom is -0.497 e. The minimum absolute atomic E-state index is 0.841. The molecular formula is C28H28O2. The number of hydrogen-bond acceptors (Lipinski definition) is 2. The van der Waals surface area contributed by atoms with Crippen LogP contribution in [-0.2, 0) is 25.7 Å². The lowest BCUT2D eigenvalue weighted by atomic mass is 9.98. The van der Waals surface area contributed by atoms with Gasteiger partial charge in [-0.3, -0.25) is 0 Å². The van der Waals surface area contributed by atoms with Crippen LogP contribution >= 0.6 is 0 Å². The molecule has 4 rings (SSSR count). The van der Waals surface area contributed by atoms with Gasteiger partial charge in [0, 0.05) is 6.07 Å². The first-order valence-electron chi connectivity index (χ1n) is 10.5. The Morgan fingerprint density at radius 2 is 1.03 bits per heavy atom. The van der Waals surface area contributed by atoms with E-state index in [-0.39, 0.29) is 0 Å². The van der Waals surface area contributed by atoms with Gasteiger partial charge < -0.3 is 9.47 Å². The van der Waals surface area contributed by atoms with Crippen LogP contribution in [0.1, 0.15) is 22.3 Å². The minimum atomic E-state index is 0.841. The number of benzene rings is 4. The SMILES string of the molecule is COc1cc(CCc2cccc(CCc3ccc4ccccc4c3)c2)cc(OC)c1. The van der Waals surface area contributed by atoms with Crippen LogP contribution < -0.4 is 9.47 Å². The van der Waals surface area contributed by atoms with Crippen molar-refractivity contribution in [2.75, 3.05) is 14.2 Å². The highest BCUT2D eigenvalue weighted by molar-refractivity contribution is 5.83. The van der Waals surface area contributed by atoms with Crippen molar-refractivity contribution in [3.05, 3.63) is 107 Å². The van der Waals surface area contributed by atoms with Crippen LogP contribution in [0.25, 0.3) is 10.8 Å². The molecule has 2 heteroatoms. The second-order valence-electron chi connectivity index (χ2n) is 7.72. The molecule has 0 radical (unpaired) electrons. The molecule has 0 heterocycles. The van der Waals surface area contributed by atoms with Crippen molar-refractivity contribution < 1.29 is 9.47 Å². The lowest BCUT2D eigenvalue weighted by Crippen LogP contribution is -1.96. The Labute approximate surface area is 179 Å². The summed E-state index contributed by atoms with van der Waals surface area (Å²) in [5, 5.41) is 2.62. The number of aryl methyl sites for hydroxylation is 4. The maximum absolute atomic E-state index is 5.39. The van der Waals surface area contributed by atoms with Crippen molar-refractivity contribution in [3.63, 3.8) is 0 Å². The lowest BCUT2D eigenvalue weighted by Gasteiger charge is -2.10. The van der Waals surface area contributed by atoms with E-state index in [1.165, 1.54) is 33.0 Å². The molecule has 0 amide bonds. The number of ether oxygens (including phenoxy) is 2. The molecule has 0 saturated heterocycles. The fourth-order valence-corrected chi connectivity index (χ4v) is 3.92. The molecule has 0 aliphatic carbocycles. The highest BCUT2D eigenvalue weighted by Crippen LogP contribution is 2.24. The molecule has 0 aliphatic rings. The molecule has 0 saturated carbocycles. The van der Waals surface area contributed by atoms with Gasteiger partial charge in [0.15, 0.2) is 0 Å². The summed E-state index contributed by atoms with van der Waals surface area (Å²) in [6, 6.07) is 30.4. The van der Waals surface area contributed by atoms with Crippen LogP contribution in [0.2, 0.25) is 0 Å². The normalized spacial score (nSPS) is 10.9. The highest BCUT2D eigenvalue weighted by atomic mass is 16.5. The molecular weight excluding hydrogens is 368 g/mol. The largest absolute Gasteiger partial charge is 0.497 e. The Bertz CT molecular complexity index is 1110.